The minimum atomic E-state index is 0.502. The van der Waals surface area contributed by atoms with Gasteiger partial charge in [0, 0.05) is 36.8 Å². The van der Waals surface area contributed by atoms with Crippen LogP contribution >= 0.6 is 11.8 Å². The lowest BCUT2D eigenvalue weighted by molar-refractivity contribution is 0.377. The van der Waals surface area contributed by atoms with E-state index in [1.54, 1.807) is 0 Å². The topological polar surface area (TPSA) is 29.9 Å². The van der Waals surface area contributed by atoms with Gasteiger partial charge in [-0.15, -0.1) is 0 Å². The molecule has 0 bridgehead atoms. The minimum Gasteiger partial charge on any atom is -0.334 e. The zero-order valence-electron chi connectivity index (χ0n) is 11.6. The van der Waals surface area contributed by atoms with Crippen LogP contribution in [0.3, 0.4) is 0 Å². The largest absolute Gasteiger partial charge is 0.334 e. The fourth-order valence-electron chi connectivity index (χ4n) is 2.80. The van der Waals surface area contributed by atoms with Crippen LogP contribution in [0.5, 0.6) is 0 Å². The zero-order valence-corrected chi connectivity index (χ0v) is 12.4. The molecule has 2 rings (SSSR count). The van der Waals surface area contributed by atoms with Crippen LogP contribution in [0.2, 0.25) is 0 Å². The third-order valence-electron chi connectivity index (χ3n) is 4.10. The van der Waals surface area contributed by atoms with Gasteiger partial charge >= 0.3 is 0 Å². The average Bonchev–Trinajstić information content (AvgIpc) is 2.82. The second kappa shape index (κ2) is 6.62. The highest BCUT2D eigenvalue weighted by Gasteiger charge is 2.30. The number of thioether (sulfide) groups is 1. The smallest absolute Gasteiger partial charge is 0.105 e. The average molecular weight is 267 g/mol. The Balaban J connectivity index is 1.72. The van der Waals surface area contributed by atoms with E-state index >= 15 is 0 Å². The van der Waals surface area contributed by atoms with Crippen molar-refractivity contribution >= 4 is 11.8 Å². The Morgan fingerprint density at radius 2 is 2.17 bits per heavy atom. The summed E-state index contributed by atoms with van der Waals surface area (Å²) in [5.41, 5.74) is 0. The van der Waals surface area contributed by atoms with Gasteiger partial charge in [-0.3, -0.25) is 0 Å². The molecule has 0 spiro atoms. The Morgan fingerprint density at radius 3 is 2.78 bits per heavy atom. The van der Waals surface area contributed by atoms with Crippen molar-refractivity contribution in [1.29, 1.82) is 0 Å². The SMILES string of the molecule is CSC1(CNCCn2ccnc2C)CCCCC1. The van der Waals surface area contributed by atoms with Crippen molar-refractivity contribution in [1.82, 2.24) is 14.9 Å². The molecular formula is C14H25N3S. The second-order valence-corrected chi connectivity index (χ2v) is 6.57. The highest BCUT2D eigenvalue weighted by molar-refractivity contribution is 8.00. The lowest BCUT2D eigenvalue weighted by Crippen LogP contribution is -2.40. The monoisotopic (exact) mass is 267 g/mol. The number of hydrogen-bond acceptors (Lipinski definition) is 3. The molecule has 0 aromatic carbocycles. The fourth-order valence-corrected chi connectivity index (χ4v) is 3.75. The number of rotatable bonds is 6. The summed E-state index contributed by atoms with van der Waals surface area (Å²) in [4.78, 5) is 4.25. The van der Waals surface area contributed by atoms with E-state index in [-0.39, 0.29) is 0 Å². The van der Waals surface area contributed by atoms with E-state index in [0.29, 0.717) is 4.75 Å². The van der Waals surface area contributed by atoms with Crippen LogP contribution in [0.4, 0.5) is 0 Å². The lowest BCUT2D eigenvalue weighted by Gasteiger charge is -2.36. The Hall–Kier alpha value is -0.480. The molecule has 18 heavy (non-hydrogen) atoms. The number of aryl methyl sites for hydroxylation is 1. The van der Waals surface area contributed by atoms with Crippen LogP contribution in [0.15, 0.2) is 12.4 Å². The van der Waals surface area contributed by atoms with Crippen molar-refractivity contribution in [3.8, 4) is 0 Å². The molecule has 4 heteroatoms. The number of hydrogen-bond donors (Lipinski definition) is 1. The van der Waals surface area contributed by atoms with E-state index < -0.39 is 0 Å². The summed E-state index contributed by atoms with van der Waals surface area (Å²) in [6.45, 7) is 5.28. The van der Waals surface area contributed by atoms with E-state index in [1.165, 1.54) is 32.1 Å². The first kappa shape index (κ1) is 13.9. The van der Waals surface area contributed by atoms with Crippen LogP contribution in [0.1, 0.15) is 37.9 Å². The zero-order chi connectivity index (χ0) is 12.8. The van der Waals surface area contributed by atoms with Gasteiger partial charge in [0.1, 0.15) is 5.82 Å². The van der Waals surface area contributed by atoms with Gasteiger partial charge in [0.05, 0.1) is 0 Å². The Morgan fingerprint density at radius 1 is 1.39 bits per heavy atom. The van der Waals surface area contributed by atoms with Gasteiger partial charge in [0.2, 0.25) is 0 Å². The third-order valence-corrected chi connectivity index (χ3v) is 5.52. The van der Waals surface area contributed by atoms with Crippen molar-refractivity contribution in [3.05, 3.63) is 18.2 Å². The molecule has 1 N–H and O–H groups in total. The first-order valence-corrected chi connectivity index (χ1v) is 8.22. The van der Waals surface area contributed by atoms with Gasteiger partial charge in [-0.2, -0.15) is 11.8 Å². The summed E-state index contributed by atoms with van der Waals surface area (Å²) < 4.78 is 2.71. The Bertz CT molecular complexity index is 356. The molecule has 3 nitrogen and oxygen atoms in total. The summed E-state index contributed by atoms with van der Waals surface area (Å²) in [6.07, 6.45) is 13.2. The molecule has 1 saturated carbocycles. The molecule has 0 saturated heterocycles. The van der Waals surface area contributed by atoms with Gasteiger partial charge in [0.25, 0.3) is 0 Å². The standard InChI is InChI=1S/C14H25N3S/c1-13-16-9-11-17(13)10-8-15-12-14(18-2)6-4-3-5-7-14/h9,11,15H,3-8,10,12H2,1-2H3. The van der Waals surface area contributed by atoms with Crippen LogP contribution in [-0.4, -0.2) is 33.6 Å². The van der Waals surface area contributed by atoms with Crippen molar-refractivity contribution < 1.29 is 0 Å². The summed E-state index contributed by atoms with van der Waals surface area (Å²) in [7, 11) is 0. The van der Waals surface area contributed by atoms with E-state index in [2.05, 4.69) is 46.0 Å². The van der Waals surface area contributed by atoms with Crippen molar-refractivity contribution in [2.24, 2.45) is 0 Å². The van der Waals surface area contributed by atoms with E-state index in [4.69, 9.17) is 0 Å². The Labute approximate surface area is 115 Å². The third kappa shape index (κ3) is 3.51. The molecule has 102 valence electrons. The predicted octanol–water partition coefficient (Wildman–Crippen LogP) is 2.85. The van der Waals surface area contributed by atoms with Gasteiger partial charge in [0.15, 0.2) is 0 Å². The molecule has 0 unspecified atom stereocenters. The predicted molar refractivity (Wildman–Crippen MR) is 79.2 cm³/mol. The van der Waals surface area contributed by atoms with Crippen LogP contribution < -0.4 is 5.32 Å². The molecule has 0 amide bonds. The molecular weight excluding hydrogens is 242 g/mol. The van der Waals surface area contributed by atoms with E-state index in [0.717, 1.165) is 25.5 Å². The molecule has 1 aliphatic carbocycles. The first-order chi connectivity index (χ1) is 8.76. The molecule has 1 fully saturated rings. The van der Waals surface area contributed by atoms with Gasteiger partial charge in [-0.25, -0.2) is 4.98 Å². The molecule has 1 heterocycles. The minimum absolute atomic E-state index is 0.502. The molecule has 1 aliphatic rings. The summed E-state index contributed by atoms with van der Waals surface area (Å²) in [5, 5.41) is 3.64. The molecule has 0 radical (unpaired) electrons. The quantitative estimate of drug-likeness (QED) is 0.804. The van der Waals surface area contributed by atoms with Crippen molar-refractivity contribution in [3.63, 3.8) is 0 Å². The van der Waals surface area contributed by atoms with E-state index in [1.807, 2.05) is 6.20 Å². The van der Waals surface area contributed by atoms with Gasteiger partial charge in [-0.1, -0.05) is 19.3 Å². The highest BCUT2D eigenvalue weighted by atomic mass is 32.2. The highest BCUT2D eigenvalue weighted by Crippen LogP contribution is 2.37. The van der Waals surface area contributed by atoms with Crippen LogP contribution in [0, 0.1) is 6.92 Å². The van der Waals surface area contributed by atoms with Gasteiger partial charge < -0.3 is 9.88 Å². The number of nitrogens with zero attached hydrogens (tertiary/aromatic N) is 2. The number of aromatic nitrogens is 2. The molecule has 0 aliphatic heterocycles. The molecule has 1 aromatic heterocycles. The lowest BCUT2D eigenvalue weighted by atomic mass is 9.88. The van der Waals surface area contributed by atoms with Crippen LogP contribution in [0.25, 0.3) is 0 Å². The maximum absolute atomic E-state index is 4.25. The van der Waals surface area contributed by atoms with Gasteiger partial charge in [-0.05, 0) is 26.0 Å². The summed E-state index contributed by atoms with van der Waals surface area (Å²) >= 11 is 2.06. The summed E-state index contributed by atoms with van der Waals surface area (Å²) in [5.74, 6) is 1.11. The first-order valence-electron chi connectivity index (χ1n) is 6.99. The maximum Gasteiger partial charge on any atom is 0.105 e. The van der Waals surface area contributed by atoms with Crippen molar-refractivity contribution in [2.45, 2.75) is 50.3 Å². The number of imidazole rings is 1. The number of nitrogens with one attached hydrogen (secondary N) is 1. The fraction of sp³-hybridized carbons (Fsp3) is 0.786. The summed E-state index contributed by atoms with van der Waals surface area (Å²) in [6, 6.07) is 0. The maximum atomic E-state index is 4.25. The van der Waals surface area contributed by atoms with E-state index in [9.17, 15) is 0 Å². The second-order valence-electron chi connectivity index (χ2n) is 5.29. The molecule has 0 atom stereocenters. The normalized spacial score (nSPS) is 19.0. The Kier molecular flexibility index (Phi) is 5.13. The molecule has 1 aromatic rings. The van der Waals surface area contributed by atoms with Crippen LogP contribution in [-0.2, 0) is 6.54 Å². The van der Waals surface area contributed by atoms with Crippen molar-refractivity contribution in [2.75, 3.05) is 19.3 Å².